The zero-order chi connectivity index (χ0) is 20.0. The van der Waals surface area contributed by atoms with E-state index in [1.165, 1.54) is 7.11 Å². The zero-order valence-corrected chi connectivity index (χ0v) is 16.6. The number of carbonyl (C=O) groups is 2. The highest BCUT2D eigenvalue weighted by atomic mass is 16.5. The van der Waals surface area contributed by atoms with E-state index in [2.05, 4.69) is 6.92 Å². The Morgan fingerprint density at radius 1 is 1.29 bits per heavy atom. The SMILES string of the molecule is CCCN1C(=O)C2=C(C(=O)C3CC(C)CCC3O2)C1c1ccc(O)c(OC)c1. The number of phenols is 1. The summed E-state index contributed by atoms with van der Waals surface area (Å²) in [6.07, 6.45) is 3.21. The summed E-state index contributed by atoms with van der Waals surface area (Å²) >= 11 is 0. The molecule has 2 aliphatic heterocycles. The first kappa shape index (κ1) is 18.8. The summed E-state index contributed by atoms with van der Waals surface area (Å²) in [5.74, 6) is 0.709. The van der Waals surface area contributed by atoms with Crippen molar-refractivity contribution in [2.45, 2.75) is 51.7 Å². The molecule has 3 aliphatic rings. The number of carbonyl (C=O) groups excluding carboxylic acids is 2. The van der Waals surface area contributed by atoms with Crippen LogP contribution in [0.1, 0.15) is 51.1 Å². The molecular formula is C22H27NO5. The van der Waals surface area contributed by atoms with Crippen molar-refractivity contribution in [2.24, 2.45) is 11.8 Å². The normalized spacial score (nSPS) is 29.5. The molecule has 0 aromatic heterocycles. The van der Waals surface area contributed by atoms with Gasteiger partial charge in [0.2, 0.25) is 0 Å². The van der Waals surface area contributed by atoms with Crippen molar-refractivity contribution in [3.8, 4) is 11.5 Å². The van der Waals surface area contributed by atoms with Gasteiger partial charge in [0.1, 0.15) is 6.10 Å². The van der Waals surface area contributed by atoms with E-state index in [1.54, 1.807) is 23.1 Å². The van der Waals surface area contributed by atoms with E-state index >= 15 is 0 Å². The van der Waals surface area contributed by atoms with Gasteiger partial charge in [-0.1, -0.05) is 19.9 Å². The van der Waals surface area contributed by atoms with Gasteiger partial charge >= 0.3 is 0 Å². The van der Waals surface area contributed by atoms with Crippen LogP contribution in [0.4, 0.5) is 0 Å². The first-order chi connectivity index (χ1) is 13.5. The molecule has 6 heteroatoms. The van der Waals surface area contributed by atoms with E-state index in [9.17, 15) is 14.7 Å². The number of phenolic OH excluding ortho intramolecular Hbond substituents is 1. The Morgan fingerprint density at radius 2 is 2.07 bits per heavy atom. The van der Waals surface area contributed by atoms with Gasteiger partial charge in [0.15, 0.2) is 23.0 Å². The minimum absolute atomic E-state index is 0.0270. The second-order valence-corrected chi connectivity index (χ2v) is 8.12. The number of fused-ring (bicyclic) bond motifs is 1. The van der Waals surface area contributed by atoms with Gasteiger partial charge in [-0.3, -0.25) is 9.59 Å². The molecule has 4 rings (SSSR count). The van der Waals surface area contributed by atoms with Crippen LogP contribution in [0.15, 0.2) is 29.5 Å². The molecule has 1 aliphatic carbocycles. The van der Waals surface area contributed by atoms with Gasteiger partial charge in [0, 0.05) is 6.54 Å². The molecule has 4 atom stereocenters. The number of benzene rings is 1. The Bertz CT molecular complexity index is 845. The molecular weight excluding hydrogens is 358 g/mol. The molecule has 1 N–H and O–H groups in total. The Labute approximate surface area is 165 Å². The minimum Gasteiger partial charge on any atom is -0.504 e. The van der Waals surface area contributed by atoms with E-state index in [0.717, 1.165) is 31.2 Å². The Balaban J connectivity index is 1.80. The summed E-state index contributed by atoms with van der Waals surface area (Å²) in [4.78, 5) is 28.3. The van der Waals surface area contributed by atoms with Gasteiger partial charge < -0.3 is 19.5 Å². The topological polar surface area (TPSA) is 76.1 Å². The van der Waals surface area contributed by atoms with Crippen LogP contribution < -0.4 is 4.74 Å². The molecule has 1 amide bonds. The highest BCUT2D eigenvalue weighted by Crippen LogP contribution is 2.48. The van der Waals surface area contributed by atoms with Crippen LogP contribution in [-0.4, -0.2) is 41.5 Å². The van der Waals surface area contributed by atoms with Crippen molar-refractivity contribution in [2.75, 3.05) is 13.7 Å². The predicted octanol–water partition coefficient (Wildman–Crippen LogP) is 3.35. The average Bonchev–Trinajstić information content (AvgIpc) is 2.96. The average molecular weight is 385 g/mol. The standard InChI is InChI=1S/C22H27NO5/c1-4-9-23-19(13-6-7-15(24)17(11-13)27-3)18-20(25)14-10-12(2)5-8-16(14)28-21(18)22(23)26/h6-7,11-12,14,16,19,24H,4-5,8-10H2,1-3H3. The van der Waals surface area contributed by atoms with Crippen LogP contribution in [0.2, 0.25) is 0 Å². The Morgan fingerprint density at radius 3 is 2.79 bits per heavy atom. The molecule has 2 heterocycles. The summed E-state index contributed by atoms with van der Waals surface area (Å²) in [5.41, 5.74) is 1.22. The number of ketones is 1. The van der Waals surface area contributed by atoms with E-state index in [-0.39, 0.29) is 35.2 Å². The number of Topliss-reactive ketones (excluding diaryl/α,β-unsaturated/α-hetero) is 1. The third kappa shape index (κ3) is 2.86. The molecule has 4 unspecified atom stereocenters. The van der Waals surface area contributed by atoms with E-state index in [1.807, 2.05) is 6.92 Å². The summed E-state index contributed by atoms with van der Waals surface area (Å²) < 4.78 is 11.4. The van der Waals surface area contributed by atoms with Gasteiger partial charge in [0.25, 0.3) is 5.91 Å². The van der Waals surface area contributed by atoms with Crippen molar-refractivity contribution in [1.82, 2.24) is 4.90 Å². The number of aromatic hydroxyl groups is 1. The van der Waals surface area contributed by atoms with Crippen LogP contribution in [0.3, 0.4) is 0 Å². The van der Waals surface area contributed by atoms with Gasteiger partial charge in [-0.2, -0.15) is 0 Å². The van der Waals surface area contributed by atoms with Crippen LogP contribution in [-0.2, 0) is 14.3 Å². The van der Waals surface area contributed by atoms with Crippen molar-refractivity contribution in [3.05, 3.63) is 35.1 Å². The minimum atomic E-state index is -0.498. The lowest BCUT2D eigenvalue weighted by Crippen LogP contribution is -2.41. The van der Waals surface area contributed by atoms with Crippen molar-refractivity contribution in [3.63, 3.8) is 0 Å². The first-order valence-corrected chi connectivity index (χ1v) is 10.1. The van der Waals surface area contributed by atoms with Crippen LogP contribution in [0.25, 0.3) is 0 Å². The molecule has 1 fully saturated rings. The molecule has 0 saturated heterocycles. The second-order valence-electron chi connectivity index (χ2n) is 8.12. The molecule has 1 aromatic rings. The van der Waals surface area contributed by atoms with Crippen molar-refractivity contribution < 1.29 is 24.2 Å². The van der Waals surface area contributed by atoms with Crippen LogP contribution in [0, 0.1) is 11.8 Å². The lowest BCUT2D eigenvalue weighted by atomic mass is 9.74. The van der Waals surface area contributed by atoms with E-state index in [0.29, 0.717) is 23.8 Å². The maximum absolute atomic E-state index is 13.5. The fraction of sp³-hybridized carbons (Fsp3) is 0.545. The maximum atomic E-state index is 13.5. The third-order valence-electron chi connectivity index (χ3n) is 6.19. The number of ether oxygens (including phenoxy) is 2. The molecule has 28 heavy (non-hydrogen) atoms. The monoisotopic (exact) mass is 385 g/mol. The van der Waals surface area contributed by atoms with Gasteiger partial charge in [-0.15, -0.1) is 0 Å². The molecule has 1 aromatic carbocycles. The second kappa shape index (κ2) is 7.15. The van der Waals surface area contributed by atoms with Crippen LogP contribution in [0.5, 0.6) is 11.5 Å². The smallest absolute Gasteiger partial charge is 0.290 e. The predicted molar refractivity (Wildman–Crippen MR) is 103 cm³/mol. The number of nitrogens with zero attached hydrogens (tertiary/aromatic N) is 1. The third-order valence-corrected chi connectivity index (χ3v) is 6.19. The summed E-state index contributed by atoms with van der Waals surface area (Å²) in [5, 5.41) is 9.96. The van der Waals surface area contributed by atoms with E-state index in [4.69, 9.17) is 9.47 Å². The zero-order valence-electron chi connectivity index (χ0n) is 16.6. The van der Waals surface area contributed by atoms with Gasteiger partial charge in [-0.25, -0.2) is 0 Å². The molecule has 0 bridgehead atoms. The quantitative estimate of drug-likeness (QED) is 0.860. The molecule has 0 radical (unpaired) electrons. The highest BCUT2D eigenvalue weighted by molar-refractivity contribution is 6.11. The Hall–Kier alpha value is -2.50. The summed E-state index contributed by atoms with van der Waals surface area (Å²) in [6.45, 7) is 4.70. The maximum Gasteiger partial charge on any atom is 0.290 e. The number of amides is 1. The molecule has 0 spiro atoms. The fourth-order valence-corrected chi connectivity index (χ4v) is 4.81. The van der Waals surface area contributed by atoms with E-state index < -0.39 is 6.04 Å². The fourth-order valence-electron chi connectivity index (χ4n) is 4.81. The number of rotatable bonds is 4. The van der Waals surface area contributed by atoms with Crippen molar-refractivity contribution >= 4 is 11.7 Å². The number of hydrogen-bond donors (Lipinski definition) is 1. The molecule has 6 nitrogen and oxygen atoms in total. The highest BCUT2D eigenvalue weighted by Gasteiger charge is 2.52. The van der Waals surface area contributed by atoms with Crippen molar-refractivity contribution in [1.29, 1.82) is 0 Å². The first-order valence-electron chi connectivity index (χ1n) is 10.1. The van der Waals surface area contributed by atoms with Gasteiger partial charge in [-0.05, 0) is 49.3 Å². The Kier molecular flexibility index (Phi) is 4.81. The van der Waals surface area contributed by atoms with Crippen LogP contribution >= 0.6 is 0 Å². The summed E-state index contributed by atoms with van der Waals surface area (Å²) in [7, 11) is 1.48. The number of hydrogen-bond acceptors (Lipinski definition) is 5. The largest absolute Gasteiger partial charge is 0.504 e. The summed E-state index contributed by atoms with van der Waals surface area (Å²) in [6, 6.07) is 4.50. The molecule has 1 saturated carbocycles. The lowest BCUT2D eigenvalue weighted by Gasteiger charge is -2.37. The number of methoxy groups -OCH3 is 1. The molecule has 150 valence electrons. The van der Waals surface area contributed by atoms with Gasteiger partial charge in [0.05, 0.1) is 24.6 Å². The lowest BCUT2D eigenvalue weighted by molar-refractivity contribution is -0.136.